The third kappa shape index (κ3) is 1.77. The van der Waals surface area contributed by atoms with Gasteiger partial charge in [0.2, 0.25) is 0 Å². The van der Waals surface area contributed by atoms with Crippen LogP contribution >= 0.6 is 0 Å². The van der Waals surface area contributed by atoms with E-state index >= 15 is 0 Å². The first-order valence-electron chi connectivity index (χ1n) is 2.81. The Hall–Kier alpha value is 0.0590. The summed E-state index contributed by atoms with van der Waals surface area (Å²) in [6.45, 7) is 0. The van der Waals surface area contributed by atoms with Crippen molar-refractivity contribution in [2.24, 2.45) is 0 Å². The van der Waals surface area contributed by atoms with Crippen LogP contribution in [0.15, 0.2) is 24.3 Å². The molecular weight excluding hydrogens is 258 g/mol. The van der Waals surface area contributed by atoms with Crippen LogP contribution in [0, 0.1) is 0 Å². The molecule has 0 heterocycles. The zero-order chi connectivity index (χ0) is 7.40. The van der Waals surface area contributed by atoms with E-state index in [1.807, 2.05) is 18.2 Å². The van der Waals surface area contributed by atoms with E-state index in [4.69, 9.17) is 4.74 Å². The number of hydrogen-bond acceptors (Lipinski definition) is 1. The van der Waals surface area contributed by atoms with Gasteiger partial charge in [-0.05, 0) is 0 Å². The van der Waals surface area contributed by atoms with Crippen molar-refractivity contribution in [1.29, 1.82) is 0 Å². The average molecular weight is 265 g/mol. The van der Waals surface area contributed by atoms with E-state index in [2.05, 4.69) is 20.3 Å². The van der Waals surface area contributed by atoms with Crippen molar-refractivity contribution >= 4 is 31.8 Å². The van der Waals surface area contributed by atoms with Gasteiger partial charge in [0.1, 0.15) is 0 Å². The minimum absolute atomic E-state index is 0.409. The molecule has 1 nitrogen and oxygen atoms in total. The van der Waals surface area contributed by atoms with Crippen LogP contribution < -0.4 is 9.20 Å². The number of methoxy groups -OCH3 is 1. The van der Waals surface area contributed by atoms with Gasteiger partial charge in [0, 0.05) is 0 Å². The standard InChI is InChI=1S/C7H7OSe2/c1-8-6-4-2-3-5-7(6)10-9/h2-5H,1H3. The van der Waals surface area contributed by atoms with Crippen molar-refractivity contribution in [1.82, 2.24) is 0 Å². The normalized spacial score (nSPS) is 9.40. The van der Waals surface area contributed by atoms with E-state index in [1.165, 1.54) is 4.46 Å². The second kappa shape index (κ2) is 4.05. The predicted molar refractivity (Wildman–Crippen MR) is 44.1 cm³/mol. The molecule has 1 rings (SSSR count). The first-order chi connectivity index (χ1) is 4.88. The zero-order valence-corrected chi connectivity index (χ0v) is 8.96. The van der Waals surface area contributed by atoms with Crippen LogP contribution in [-0.2, 0) is 0 Å². The topological polar surface area (TPSA) is 9.23 Å². The maximum absolute atomic E-state index is 5.13. The molecule has 0 fully saturated rings. The summed E-state index contributed by atoms with van der Waals surface area (Å²) in [5.74, 6) is 0.987. The molecular formula is C7H7OSe2. The molecule has 0 aliphatic heterocycles. The summed E-state index contributed by atoms with van der Waals surface area (Å²) < 4.78 is 6.41. The van der Waals surface area contributed by atoms with Crippen molar-refractivity contribution < 1.29 is 4.74 Å². The summed E-state index contributed by atoms with van der Waals surface area (Å²) in [6, 6.07) is 8.06. The molecule has 0 saturated carbocycles. The van der Waals surface area contributed by atoms with Gasteiger partial charge in [-0.15, -0.1) is 0 Å². The van der Waals surface area contributed by atoms with Crippen LogP contribution in [0.2, 0.25) is 0 Å². The molecule has 0 saturated heterocycles. The molecule has 0 aliphatic carbocycles. The van der Waals surface area contributed by atoms with Gasteiger partial charge in [0.05, 0.1) is 0 Å². The van der Waals surface area contributed by atoms with Crippen LogP contribution in [0.3, 0.4) is 0 Å². The van der Waals surface area contributed by atoms with Crippen LogP contribution in [0.5, 0.6) is 5.75 Å². The molecule has 53 valence electrons. The Morgan fingerprint density at radius 3 is 2.60 bits per heavy atom. The van der Waals surface area contributed by atoms with Crippen molar-refractivity contribution in [3.05, 3.63) is 24.3 Å². The van der Waals surface area contributed by atoms with Gasteiger partial charge in [-0.2, -0.15) is 0 Å². The van der Waals surface area contributed by atoms with Crippen molar-refractivity contribution in [2.75, 3.05) is 7.11 Å². The van der Waals surface area contributed by atoms with Crippen molar-refractivity contribution in [3.8, 4) is 5.75 Å². The summed E-state index contributed by atoms with van der Waals surface area (Å²) in [5.41, 5.74) is 0. The molecule has 1 aromatic rings. The van der Waals surface area contributed by atoms with Crippen LogP contribution in [0.4, 0.5) is 0 Å². The number of benzene rings is 1. The summed E-state index contributed by atoms with van der Waals surface area (Å²) in [5, 5.41) is 0. The molecule has 0 unspecified atom stereocenters. The first kappa shape index (κ1) is 8.16. The summed E-state index contributed by atoms with van der Waals surface area (Å²) >= 11 is 3.43. The molecule has 0 amide bonds. The van der Waals surface area contributed by atoms with Crippen molar-refractivity contribution in [2.45, 2.75) is 0 Å². The van der Waals surface area contributed by atoms with E-state index in [0.717, 1.165) is 5.75 Å². The van der Waals surface area contributed by atoms with E-state index < -0.39 is 0 Å². The molecule has 0 spiro atoms. The van der Waals surface area contributed by atoms with E-state index in [0.29, 0.717) is 13.1 Å². The number of hydrogen-bond donors (Lipinski definition) is 0. The second-order valence-electron chi connectivity index (χ2n) is 1.73. The fraction of sp³-hybridized carbons (Fsp3) is 0.143. The summed E-state index contributed by atoms with van der Waals surface area (Å²) in [7, 11) is 1.70. The number of rotatable bonds is 2. The fourth-order valence-electron chi connectivity index (χ4n) is 0.688. The third-order valence-corrected chi connectivity index (χ3v) is 4.20. The Morgan fingerprint density at radius 1 is 1.40 bits per heavy atom. The monoisotopic (exact) mass is 267 g/mol. The zero-order valence-electron chi connectivity index (χ0n) is 5.53. The predicted octanol–water partition coefficient (Wildman–Crippen LogP) is 0.108. The van der Waals surface area contributed by atoms with Gasteiger partial charge >= 0.3 is 73.6 Å². The molecule has 0 bridgehead atoms. The van der Waals surface area contributed by atoms with Gasteiger partial charge in [-0.1, -0.05) is 0 Å². The molecule has 0 atom stereocenters. The van der Waals surface area contributed by atoms with Crippen LogP contribution in [0.25, 0.3) is 0 Å². The average Bonchev–Trinajstić information content (AvgIpc) is 2.04. The molecule has 1 radical (unpaired) electrons. The Balaban J connectivity index is 2.96. The Bertz CT molecular complexity index is 190. The first-order valence-corrected chi connectivity index (χ1v) is 8.00. The van der Waals surface area contributed by atoms with Crippen LogP contribution in [0.1, 0.15) is 0 Å². The molecule has 0 aromatic heterocycles. The molecule has 10 heavy (non-hydrogen) atoms. The second-order valence-corrected chi connectivity index (χ2v) is 4.82. The summed E-state index contributed by atoms with van der Waals surface area (Å²) in [6.07, 6.45) is 0. The van der Waals surface area contributed by atoms with Crippen LogP contribution in [-0.4, -0.2) is 34.4 Å². The summed E-state index contributed by atoms with van der Waals surface area (Å²) in [4.78, 5) is 0. The van der Waals surface area contributed by atoms with E-state index in [-0.39, 0.29) is 0 Å². The Morgan fingerprint density at radius 2 is 2.10 bits per heavy atom. The van der Waals surface area contributed by atoms with Gasteiger partial charge in [0.15, 0.2) is 0 Å². The number of para-hydroxylation sites is 1. The van der Waals surface area contributed by atoms with Gasteiger partial charge in [-0.3, -0.25) is 0 Å². The van der Waals surface area contributed by atoms with E-state index in [9.17, 15) is 0 Å². The van der Waals surface area contributed by atoms with Gasteiger partial charge in [0.25, 0.3) is 0 Å². The Labute approximate surface area is 73.7 Å². The molecule has 0 aliphatic rings. The fourth-order valence-corrected chi connectivity index (χ4v) is 2.96. The quantitative estimate of drug-likeness (QED) is 0.690. The number of ether oxygens (including phenoxy) is 1. The Kier molecular flexibility index (Phi) is 3.30. The SMILES string of the molecule is COc1ccccc1[Se][Se]. The van der Waals surface area contributed by atoms with Gasteiger partial charge in [-0.25, -0.2) is 0 Å². The third-order valence-electron chi connectivity index (χ3n) is 1.16. The van der Waals surface area contributed by atoms with Crippen molar-refractivity contribution in [3.63, 3.8) is 0 Å². The molecule has 0 N–H and O–H groups in total. The maximum atomic E-state index is 5.13. The molecule has 3 heteroatoms. The molecule has 1 aromatic carbocycles. The minimum atomic E-state index is 0.409. The van der Waals surface area contributed by atoms with Gasteiger partial charge < -0.3 is 0 Å². The van der Waals surface area contributed by atoms with E-state index in [1.54, 1.807) is 7.11 Å².